The molecule has 2 aliphatic rings. The number of piperazine rings is 1. The number of carbonyl (C=O) groups excluding carboxylic acids is 2. The minimum atomic E-state index is -0.558. The Bertz CT molecular complexity index is 321. The van der Waals surface area contributed by atoms with E-state index in [1.54, 1.807) is 0 Å². The van der Waals surface area contributed by atoms with Gasteiger partial charge < -0.3 is 10.2 Å². The zero-order chi connectivity index (χ0) is 12.5. The van der Waals surface area contributed by atoms with E-state index in [1.165, 1.54) is 0 Å². The summed E-state index contributed by atoms with van der Waals surface area (Å²) in [6, 6.07) is -0.256. The van der Waals surface area contributed by atoms with E-state index in [2.05, 4.69) is 5.32 Å². The molecule has 1 unspecified atom stereocenters. The maximum Gasteiger partial charge on any atom is 0.249 e. The largest absolute Gasteiger partial charge is 0.340 e. The van der Waals surface area contributed by atoms with Gasteiger partial charge in [-0.15, -0.1) is 0 Å². The number of nitrogens with zero attached hydrogens (tertiary/aromatic N) is 1. The summed E-state index contributed by atoms with van der Waals surface area (Å²) in [7, 11) is 0. The van der Waals surface area contributed by atoms with Gasteiger partial charge in [0.2, 0.25) is 11.8 Å². The maximum atomic E-state index is 12.6. The van der Waals surface area contributed by atoms with Crippen LogP contribution in [-0.2, 0) is 9.59 Å². The van der Waals surface area contributed by atoms with E-state index < -0.39 is 5.54 Å². The van der Waals surface area contributed by atoms with Crippen molar-refractivity contribution in [2.75, 3.05) is 6.54 Å². The van der Waals surface area contributed by atoms with Crippen molar-refractivity contribution in [3.63, 3.8) is 0 Å². The second-order valence-corrected chi connectivity index (χ2v) is 5.20. The molecule has 0 bridgehead atoms. The lowest BCUT2D eigenvalue weighted by molar-refractivity contribution is -0.155. The Balaban J connectivity index is 2.25. The summed E-state index contributed by atoms with van der Waals surface area (Å²) in [6.07, 6.45) is 5.33. The summed E-state index contributed by atoms with van der Waals surface area (Å²) in [5.41, 5.74) is -0.558. The number of amides is 2. The van der Waals surface area contributed by atoms with Crippen molar-refractivity contribution < 1.29 is 9.59 Å². The highest BCUT2D eigenvalue weighted by atomic mass is 16.2. The molecule has 2 amide bonds. The van der Waals surface area contributed by atoms with Gasteiger partial charge in [-0.25, -0.2) is 0 Å². The molecule has 0 aromatic rings. The van der Waals surface area contributed by atoms with E-state index in [9.17, 15) is 9.59 Å². The van der Waals surface area contributed by atoms with Crippen LogP contribution in [0.5, 0.6) is 0 Å². The number of carbonyl (C=O) groups is 2. The second-order valence-electron chi connectivity index (χ2n) is 5.20. The van der Waals surface area contributed by atoms with Gasteiger partial charge >= 0.3 is 0 Å². The lowest BCUT2D eigenvalue weighted by Crippen LogP contribution is -2.69. The Morgan fingerprint density at radius 1 is 1.29 bits per heavy atom. The molecule has 1 aliphatic heterocycles. The summed E-state index contributed by atoms with van der Waals surface area (Å²) in [4.78, 5) is 26.5. The zero-order valence-corrected chi connectivity index (χ0v) is 10.8. The first-order valence-electron chi connectivity index (χ1n) is 6.77. The first kappa shape index (κ1) is 12.4. The van der Waals surface area contributed by atoms with Crippen LogP contribution < -0.4 is 5.32 Å². The predicted molar refractivity (Wildman–Crippen MR) is 65.4 cm³/mol. The van der Waals surface area contributed by atoms with Gasteiger partial charge in [-0.3, -0.25) is 9.59 Å². The van der Waals surface area contributed by atoms with Crippen LogP contribution in [0.3, 0.4) is 0 Å². The molecule has 2 rings (SSSR count). The van der Waals surface area contributed by atoms with Gasteiger partial charge in [-0.2, -0.15) is 0 Å². The fraction of sp³-hybridized carbons (Fsp3) is 0.846. The fourth-order valence-electron chi connectivity index (χ4n) is 3.15. The Morgan fingerprint density at radius 2 is 1.94 bits per heavy atom. The van der Waals surface area contributed by atoms with Crippen LogP contribution in [-0.4, -0.2) is 34.8 Å². The van der Waals surface area contributed by atoms with Gasteiger partial charge in [0.15, 0.2) is 0 Å². The maximum absolute atomic E-state index is 12.6. The van der Waals surface area contributed by atoms with Crippen molar-refractivity contribution in [2.45, 2.75) is 64.0 Å². The third kappa shape index (κ3) is 1.94. The molecule has 0 aromatic heterocycles. The molecule has 2 fully saturated rings. The van der Waals surface area contributed by atoms with Crippen molar-refractivity contribution >= 4 is 11.8 Å². The van der Waals surface area contributed by atoms with Gasteiger partial charge in [-0.05, 0) is 25.7 Å². The van der Waals surface area contributed by atoms with Crippen LogP contribution in [0.4, 0.5) is 0 Å². The molecule has 1 heterocycles. The molecular weight excluding hydrogens is 216 g/mol. The predicted octanol–water partition coefficient (Wildman–Crippen LogP) is 1.45. The van der Waals surface area contributed by atoms with E-state index in [1.807, 2.05) is 18.7 Å². The van der Waals surface area contributed by atoms with Crippen LogP contribution in [0.25, 0.3) is 0 Å². The summed E-state index contributed by atoms with van der Waals surface area (Å²) in [5.74, 6) is 0.200. The van der Waals surface area contributed by atoms with E-state index in [0.717, 1.165) is 32.1 Å². The number of nitrogens with one attached hydrogen (secondary N) is 1. The summed E-state index contributed by atoms with van der Waals surface area (Å²) in [6.45, 7) is 4.72. The Labute approximate surface area is 103 Å². The zero-order valence-electron chi connectivity index (χ0n) is 10.8. The minimum absolute atomic E-state index is 0.0439. The molecule has 1 saturated carbocycles. The Hall–Kier alpha value is -1.06. The van der Waals surface area contributed by atoms with Crippen LogP contribution >= 0.6 is 0 Å². The highest BCUT2D eigenvalue weighted by Crippen LogP contribution is 2.35. The first-order valence-corrected chi connectivity index (χ1v) is 6.77. The van der Waals surface area contributed by atoms with E-state index in [-0.39, 0.29) is 17.9 Å². The van der Waals surface area contributed by atoms with Gasteiger partial charge in [0, 0.05) is 6.54 Å². The number of hydrogen-bond donors (Lipinski definition) is 1. The fourth-order valence-corrected chi connectivity index (χ4v) is 3.15. The lowest BCUT2D eigenvalue weighted by atomic mass is 9.90. The van der Waals surface area contributed by atoms with E-state index >= 15 is 0 Å². The minimum Gasteiger partial charge on any atom is -0.340 e. The quantitative estimate of drug-likeness (QED) is 0.809. The highest BCUT2D eigenvalue weighted by Gasteiger charge is 2.51. The van der Waals surface area contributed by atoms with Crippen molar-refractivity contribution in [1.29, 1.82) is 0 Å². The average Bonchev–Trinajstić information content (AvgIpc) is 2.76. The van der Waals surface area contributed by atoms with Gasteiger partial charge in [0.05, 0.1) is 0 Å². The molecule has 0 aromatic carbocycles. The monoisotopic (exact) mass is 238 g/mol. The standard InChI is InChI=1S/C13H22N2O2/c1-3-9-15-10(4-2)11(16)14-13(12(15)17)7-5-6-8-13/h10H,3-9H2,1-2H3,(H,14,16). The molecule has 4 heteroatoms. The second kappa shape index (κ2) is 4.67. The van der Waals surface area contributed by atoms with Crippen LogP contribution in [0.15, 0.2) is 0 Å². The summed E-state index contributed by atoms with van der Waals surface area (Å²) in [5, 5.41) is 3.00. The van der Waals surface area contributed by atoms with E-state index in [0.29, 0.717) is 13.0 Å². The van der Waals surface area contributed by atoms with Crippen LogP contribution in [0.1, 0.15) is 52.4 Å². The van der Waals surface area contributed by atoms with Gasteiger partial charge in [-0.1, -0.05) is 26.7 Å². The summed E-state index contributed by atoms with van der Waals surface area (Å²) >= 11 is 0. The van der Waals surface area contributed by atoms with Crippen LogP contribution in [0, 0.1) is 0 Å². The van der Waals surface area contributed by atoms with Crippen molar-refractivity contribution in [3.8, 4) is 0 Å². The molecule has 0 radical (unpaired) electrons. The van der Waals surface area contributed by atoms with Gasteiger partial charge in [0.1, 0.15) is 11.6 Å². The van der Waals surface area contributed by atoms with Crippen molar-refractivity contribution in [3.05, 3.63) is 0 Å². The third-order valence-corrected chi connectivity index (χ3v) is 4.02. The molecule has 1 N–H and O–H groups in total. The molecule has 96 valence electrons. The van der Waals surface area contributed by atoms with Crippen molar-refractivity contribution in [1.82, 2.24) is 10.2 Å². The molecule has 1 aliphatic carbocycles. The van der Waals surface area contributed by atoms with Crippen molar-refractivity contribution in [2.24, 2.45) is 0 Å². The molecular formula is C13H22N2O2. The smallest absolute Gasteiger partial charge is 0.249 e. The first-order chi connectivity index (χ1) is 8.14. The molecule has 1 saturated heterocycles. The molecule has 1 spiro atoms. The average molecular weight is 238 g/mol. The topological polar surface area (TPSA) is 49.4 Å². The molecule has 4 nitrogen and oxygen atoms in total. The normalized spacial score (nSPS) is 27.6. The van der Waals surface area contributed by atoms with Gasteiger partial charge in [0.25, 0.3) is 0 Å². The third-order valence-electron chi connectivity index (χ3n) is 4.02. The highest BCUT2D eigenvalue weighted by molar-refractivity contribution is 6.00. The molecule has 1 atom stereocenters. The molecule has 17 heavy (non-hydrogen) atoms. The lowest BCUT2D eigenvalue weighted by Gasteiger charge is -2.44. The number of rotatable bonds is 3. The van der Waals surface area contributed by atoms with Crippen LogP contribution in [0.2, 0.25) is 0 Å². The van der Waals surface area contributed by atoms with E-state index in [4.69, 9.17) is 0 Å². The SMILES string of the molecule is CCCN1C(=O)C2(CCCC2)NC(=O)C1CC. The number of hydrogen-bond acceptors (Lipinski definition) is 2. The summed E-state index contributed by atoms with van der Waals surface area (Å²) < 4.78 is 0. The Kier molecular flexibility index (Phi) is 3.40. The Morgan fingerprint density at radius 3 is 2.47 bits per heavy atom.